The van der Waals surface area contributed by atoms with Crippen LogP contribution >= 0.6 is 12.6 Å². The van der Waals surface area contributed by atoms with Crippen molar-refractivity contribution >= 4 is 49.3 Å². The van der Waals surface area contributed by atoms with Crippen LogP contribution in [0.3, 0.4) is 0 Å². The number of quaternary nitrogens is 1. The average Bonchev–Trinajstić information content (AvgIpc) is 3.37. The molecule has 0 aliphatic carbocycles. The number of thiol groups is 1. The Morgan fingerprint density at radius 2 is 0.873 bits per heavy atom. The van der Waals surface area contributed by atoms with Gasteiger partial charge in [0.15, 0.2) is 6.10 Å². The first kappa shape index (κ1) is 82.3. The van der Waals surface area contributed by atoms with Crippen molar-refractivity contribution in [3.8, 4) is 0 Å². The average molecular weight is 1040 g/mol. The third-order valence-electron chi connectivity index (χ3n) is 10.8. The lowest BCUT2D eigenvalue weighted by molar-refractivity contribution is -0.655. The molecule has 14 heteroatoms. The Kier molecular flexibility index (Phi) is 80.4. The van der Waals surface area contributed by atoms with Crippen molar-refractivity contribution in [2.75, 3.05) is 52.9 Å². The highest BCUT2D eigenvalue weighted by Crippen LogP contribution is 2.15. The summed E-state index contributed by atoms with van der Waals surface area (Å²) in [6.45, 7) is 28.7. The van der Waals surface area contributed by atoms with Gasteiger partial charge >= 0.3 is 23.9 Å². The number of rotatable bonds is 41. The van der Waals surface area contributed by atoms with Gasteiger partial charge in [0.05, 0.1) is 37.3 Å². The van der Waals surface area contributed by atoms with E-state index in [0.29, 0.717) is 19.3 Å². The molecule has 0 saturated heterocycles. The first-order valence-corrected chi connectivity index (χ1v) is 28.6. The fraction of sp³-hybridized carbons (Fsp3) is 0.895. The van der Waals surface area contributed by atoms with Gasteiger partial charge in [0.25, 0.3) is 6.47 Å². The molecule has 0 saturated carbocycles. The Morgan fingerprint density at radius 3 is 1.24 bits per heavy atom. The summed E-state index contributed by atoms with van der Waals surface area (Å²) in [6.07, 6.45) is 25.1. The van der Waals surface area contributed by atoms with Crippen LogP contribution in [0.1, 0.15) is 245 Å². The molecule has 13 nitrogen and oxygen atoms in total. The summed E-state index contributed by atoms with van der Waals surface area (Å²) in [5.41, 5.74) is 0. The molecule has 71 heavy (non-hydrogen) atoms. The Labute approximate surface area is 444 Å². The molecule has 0 amide bonds. The van der Waals surface area contributed by atoms with Crippen molar-refractivity contribution in [3.63, 3.8) is 0 Å². The van der Waals surface area contributed by atoms with E-state index in [4.69, 9.17) is 23.7 Å². The fourth-order valence-corrected chi connectivity index (χ4v) is 6.31. The van der Waals surface area contributed by atoms with Crippen LogP contribution in [0.2, 0.25) is 0 Å². The van der Waals surface area contributed by atoms with Gasteiger partial charge in [-0.1, -0.05) is 200 Å². The molecular weight excluding hydrogens is 923 g/mol. The van der Waals surface area contributed by atoms with Crippen LogP contribution in [-0.2, 0) is 57.2 Å². The summed E-state index contributed by atoms with van der Waals surface area (Å²) in [6, 6.07) is 0. The van der Waals surface area contributed by atoms with Gasteiger partial charge in [0.1, 0.15) is 38.8 Å². The van der Waals surface area contributed by atoms with Gasteiger partial charge in [-0.05, 0) is 31.4 Å². The summed E-state index contributed by atoms with van der Waals surface area (Å²) in [5, 5.41) is 2.07. The minimum atomic E-state index is -0.822. The van der Waals surface area contributed by atoms with E-state index >= 15 is 0 Å². The van der Waals surface area contributed by atoms with Crippen molar-refractivity contribution in [3.05, 3.63) is 0 Å². The molecule has 5 unspecified atom stereocenters. The van der Waals surface area contributed by atoms with Gasteiger partial charge in [-0.2, -0.15) is 12.6 Å². The smallest absolute Gasteiger partial charge is 0.308 e. The molecule has 2 N–H and O–H groups in total. The number of carbonyl (C=O) groups excluding carboxylic acids is 6. The standard InChI is InChI=1S/C28H51NO7.C14H26O5.C9H20.2C2H6.CH4S.CH4/c1-5-7-9-11-16-24(4)28(33)35-22-25(21-34-27(32)23(3)15-10-8-6-2)36-26(31)17-14-19-29-18-12-13-20-30;1-4-5-6-7-8-12(2)14(16)19-10-13(17-3)9-18-11-15;1-4-5-6-7-8-9(2)3;3*1-2;/h20,23-25,29H,5-19,21-22H2,1-4H3;11-13H,4-10H2,1-3H3;9H,4-8H2,1-3H3;2*1-2H3;2H,1H3;1H4/p+1. The topological polar surface area (TPSA) is 174 Å². The number of methoxy groups -OCH3 is 1. The largest absolute Gasteiger partial charge is 0.465 e. The molecule has 0 spiro atoms. The number of unbranched alkanes of at least 4 members (excludes halogenated alkanes) is 12. The molecule has 0 heterocycles. The number of carbonyl (C=O) groups is 6. The molecule has 0 aromatic rings. The molecule has 0 aromatic carbocycles. The van der Waals surface area contributed by atoms with Gasteiger partial charge < -0.3 is 38.5 Å². The Hall–Kier alpha value is -2.71. The van der Waals surface area contributed by atoms with Crippen molar-refractivity contribution in [1.82, 2.24) is 0 Å². The summed E-state index contributed by atoms with van der Waals surface area (Å²) in [7, 11) is 1.49. The lowest BCUT2D eigenvalue weighted by Gasteiger charge is -2.20. The number of aldehydes is 1. The number of ether oxygens (including phenoxy) is 6. The van der Waals surface area contributed by atoms with Crippen LogP contribution in [0.4, 0.5) is 0 Å². The number of hydrogen-bond acceptors (Lipinski definition) is 13. The minimum absolute atomic E-state index is 0. The van der Waals surface area contributed by atoms with E-state index < -0.39 is 18.2 Å². The normalized spacial score (nSPS) is 12.1. The zero-order valence-electron chi connectivity index (χ0n) is 48.0. The lowest BCUT2D eigenvalue weighted by Crippen LogP contribution is -2.84. The van der Waals surface area contributed by atoms with Crippen LogP contribution in [0.5, 0.6) is 0 Å². The van der Waals surface area contributed by atoms with Crippen LogP contribution < -0.4 is 5.32 Å². The third-order valence-corrected chi connectivity index (χ3v) is 10.8. The molecule has 0 fully saturated rings. The van der Waals surface area contributed by atoms with E-state index in [1.54, 1.807) is 6.26 Å². The third kappa shape index (κ3) is 65.3. The predicted octanol–water partition coefficient (Wildman–Crippen LogP) is 13.3. The highest BCUT2D eigenvalue weighted by Gasteiger charge is 2.23. The molecule has 0 bridgehead atoms. The van der Waals surface area contributed by atoms with E-state index in [-0.39, 0.29) is 75.9 Å². The van der Waals surface area contributed by atoms with Crippen LogP contribution in [0.25, 0.3) is 0 Å². The molecular formula is C57H118NO12S+. The van der Waals surface area contributed by atoms with E-state index in [1.807, 2.05) is 48.5 Å². The molecule has 0 rings (SSSR count). The Morgan fingerprint density at radius 1 is 0.507 bits per heavy atom. The van der Waals surface area contributed by atoms with Crippen molar-refractivity contribution in [1.29, 1.82) is 0 Å². The first-order valence-electron chi connectivity index (χ1n) is 27.7. The molecule has 0 radical (unpaired) electrons. The van der Waals surface area contributed by atoms with E-state index in [9.17, 15) is 28.8 Å². The van der Waals surface area contributed by atoms with Gasteiger partial charge in [-0.15, -0.1) is 0 Å². The second kappa shape index (κ2) is 69.4. The molecule has 5 atom stereocenters. The summed E-state index contributed by atoms with van der Waals surface area (Å²) < 4.78 is 31.1. The molecule has 0 aromatic heterocycles. The van der Waals surface area contributed by atoms with E-state index in [1.165, 1.54) is 52.1 Å². The Bertz CT molecular complexity index is 1110. The maximum atomic E-state index is 12.4. The second-order valence-electron chi connectivity index (χ2n) is 17.7. The summed E-state index contributed by atoms with van der Waals surface area (Å²) in [5.74, 6) is -0.920. The number of nitrogens with two attached hydrogens (primary N) is 1. The summed E-state index contributed by atoms with van der Waals surface area (Å²) in [4.78, 5) is 69.3. The fourth-order valence-electron chi connectivity index (χ4n) is 6.31. The second-order valence-corrected chi connectivity index (χ2v) is 17.7. The minimum Gasteiger partial charge on any atom is -0.465 e. The quantitative estimate of drug-likeness (QED) is 0.0195. The van der Waals surface area contributed by atoms with Gasteiger partial charge in [-0.3, -0.25) is 24.0 Å². The molecule has 428 valence electrons. The zero-order valence-corrected chi connectivity index (χ0v) is 48.9. The van der Waals surface area contributed by atoms with Crippen molar-refractivity contribution in [2.45, 2.75) is 257 Å². The number of hydrogen-bond donors (Lipinski definition) is 2. The SMILES string of the molecule is C.CC.CC.CCCCCCC(C)C.CCCCCCC(C)C(=O)OCC(COC(=O)C(C)CCCCC)OC(=O)CCC[NH2+]CCCC=O.CCCCCCC(C)C(=O)OCC(COC=O)OC.CS. The van der Waals surface area contributed by atoms with Crippen LogP contribution in [-0.4, -0.2) is 102 Å². The highest BCUT2D eigenvalue weighted by molar-refractivity contribution is 7.79. The van der Waals surface area contributed by atoms with Crippen molar-refractivity contribution < 1.29 is 62.5 Å². The summed E-state index contributed by atoms with van der Waals surface area (Å²) >= 11 is 3.53. The molecule has 0 aliphatic rings. The van der Waals surface area contributed by atoms with E-state index in [2.05, 4.69) is 64.2 Å². The van der Waals surface area contributed by atoms with Gasteiger partial charge in [-0.25, -0.2) is 0 Å². The highest BCUT2D eigenvalue weighted by atomic mass is 32.1. The van der Waals surface area contributed by atoms with Crippen LogP contribution in [0.15, 0.2) is 0 Å². The molecule has 0 aliphatic heterocycles. The maximum absolute atomic E-state index is 12.4. The van der Waals surface area contributed by atoms with Crippen LogP contribution in [0, 0.1) is 23.7 Å². The zero-order chi connectivity index (χ0) is 54.6. The monoisotopic (exact) mass is 1040 g/mol. The van der Waals surface area contributed by atoms with E-state index in [0.717, 1.165) is 109 Å². The van der Waals surface area contributed by atoms with Crippen molar-refractivity contribution in [2.24, 2.45) is 23.7 Å². The maximum Gasteiger partial charge on any atom is 0.308 e. The predicted molar refractivity (Wildman–Crippen MR) is 299 cm³/mol. The van der Waals surface area contributed by atoms with Gasteiger partial charge in [0, 0.05) is 26.4 Å². The van der Waals surface area contributed by atoms with Gasteiger partial charge in [0.2, 0.25) is 0 Å². The lowest BCUT2D eigenvalue weighted by atomic mass is 10.0. The Balaban J connectivity index is -0.000000194. The first-order chi connectivity index (χ1) is 33.8. The number of esters is 4.